The van der Waals surface area contributed by atoms with Gasteiger partial charge in [-0.2, -0.15) is 0 Å². The first kappa shape index (κ1) is 50.6. The third-order valence-electron chi connectivity index (χ3n) is 13.9. The van der Waals surface area contributed by atoms with E-state index in [4.69, 9.17) is 11.3 Å². The number of aromatic nitrogens is 3. The smallest absolute Gasteiger partial charge is 0.148 e. The van der Waals surface area contributed by atoms with Gasteiger partial charge in [-0.05, 0) is 102 Å². The number of para-hydroxylation sites is 1. The fourth-order valence-corrected chi connectivity index (χ4v) is 9.69. The monoisotopic (exact) mass is 1130 g/mol. The van der Waals surface area contributed by atoms with Gasteiger partial charge >= 0.3 is 0 Å². The van der Waals surface area contributed by atoms with Crippen LogP contribution < -0.4 is 0 Å². The molecule has 1 N–H and O–H groups in total. The first-order valence-electron chi connectivity index (χ1n) is 25.6. The van der Waals surface area contributed by atoms with Gasteiger partial charge in [0.1, 0.15) is 11.6 Å². The molecule has 0 aliphatic carbocycles. The normalized spacial score (nSPS) is 12.7. The van der Waals surface area contributed by atoms with E-state index in [1.54, 1.807) is 0 Å². The van der Waals surface area contributed by atoms with Gasteiger partial charge < -0.3 is 5.11 Å². The molecule has 9 aromatic rings. The molecule has 370 valence electrons. The number of aromatic hydroxyl groups is 1. The van der Waals surface area contributed by atoms with Crippen LogP contribution in [0.4, 0.5) is 0 Å². The number of imidazole rings is 1. The summed E-state index contributed by atoms with van der Waals surface area (Å²) in [6, 6.07) is 57.8. The average molecular weight is 1130 g/mol. The summed E-state index contributed by atoms with van der Waals surface area (Å²) in [6.45, 7) is 30.6. The van der Waals surface area contributed by atoms with E-state index in [-0.39, 0.29) is 48.5 Å². The molecule has 0 aliphatic heterocycles. The molecular formula is C67H70N3OPt-. The Hall–Kier alpha value is -6.35. The molecule has 0 bridgehead atoms. The number of hydrogen-bond acceptors (Lipinski definition) is 3. The Balaban J connectivity index is 0.00000711. The van der Waals surface area contributed by atoms with Gasteiger partial charge in [-0.1, -0.05) is 217 Å². The van der Waals surface area contributed by atoms with Crippen molar-refractivity contribution in [1.82, 2.24) is 14.5 Å². The second-order valence-electron chi connectivity index (χ2n) is 23.7. The summed E-state index contributed by atoms with van der Waals surface area (Å²) in [4.78, 5) is 10.7. The number of benzene rings is 7. The van der Waals surface area contributed by atoms with Gasteiger partial charge in [-0.25, -0.2) is 4.98 Å². The van der Waals surface area contributed by atoms with Gasteiger partial charge in [-0.15, -0.1) is 29.3 Å². The fraction of sp³-hybridized carbons (Fsp3) is 0.284. The van der Waals surface area contributed by atoms with Gasteiger partial charge in [-0.3, -0.25) is 9.55 Å². The average Bonchev–Trinajstić information content (AvgIpc) is 3.72. The van der Waals surface area contributed by atoms with Crippen LogP contribution in [0.2, 0.25) is 0 Å². The number of nitrogens with zero attached hydrogens (tertiary/aromatic N) is 3. The summed E-state index contributed by atoms with van der Waals surface area (Å²) in [7, 11) is 0. The van der Waals surface area contributed by atoms with Crippen molar-refractivity contribution in [2.75, 3.05) is 0 Å². The summed E-state index contributed by atoms with van der Waals surface area (Å²) in [5.74, 6) is 0.211. The molecule has 0 saturated heterocycles. The fourth-order valence-electron chi connectivity index (χ4n) is 9.69. The van der Waals surface area contributed by atoms with Crippen molar-refractivity contribution < 1.29 is 27.5 Å². The molecule has 0 aliphatic rings. The molecule has 4 nitrogen and oxygen atoms in total. The first-order valence-corrected chi connectivity index (χ1v) is 25.1. The number of pyridine rings is 1. The van der Waals surface area contributed by atoms with Gasteiger partial charge in [0, 0.05) is 45.5 Å². The first-order chi connectivity index (χ1) is 33.8. The van der Waals surface area contributed by atoms with Crippen LogP contribution in [-0.4, -0.2) is 19.6 Å². The molecular weight excluding hydrogens is 1060 g/mol. The van der Waals surface area contributed by atoms with Crippen molar-refractivity contribution in [3.8, 4) is 78.6 Å². The summed E-state index contributed by atoms with van der Waals surface area (Å²) in [6.07, 6.45) is 1.88. The quantitative estimate of drug-likeness (QED) is 0.154. The molecule has 2 heterocycles. The second kappa shape index (κ2) is 19.6. The largest absolute Gasteiger partial charge is 0.507 e. The number of hydrogen-bond donors (Lipinski definition) is 1. The molecule has 5 heteroatoms. The number of rotatable bonds is 8. The van der Waals surface area contributed by atoms with Gasteiger partial charge in [0.2, 0.25) is 0 Å². The van der Waals surface area contributed by atoms with Gasteiger partial charge in [0.25, 0.3) is 0 Å². The molecule has 0 saturated carbocycles. The Kier molecular flexibility index (Phi) is 13.8. The van der Waals surface area contributed by atoms with Crippen LogP contribution in [0.25, 0.3) is 83.9 Å². The molecule has 0 amide bonds. The number of phenolic OH excluding ortho intramolecular Hbond substituents is 1. The van der Waals surface area contributed by atoms with Crippen LogP contribution >= 0.6 is 0 Å². The van der Waals surface area contributed by atoms with E-state index in [9.17, 15) is 5.11 Å². The van der Waals surface area contributed by atoms with E-state index in [1.165, 1.54) is 5.56 Å². The third kappa shape index (κ3) is 10.3. The summed E-state index contributed by atoms with van der Waals surface area (Å²) < 4.78 is 10.9. The van der Waals surface area contributed by atoms with Crippen LogP contribution in [0, 0.1) is 6.07 Å². The molecule has 0 spiro atoms. The van der Waals surface area contributed by atoms with Crippen molar-refractivity contribution in [2.45, 2.75) is 124 Å². The zero-order chi connectivity index (χ0) is 51.7. The third-order valence-corrected chi connectivity index (χ3v) is 13.9. The summed E-state index contributed by atoms with van der Waals surface area (Å²) in [5.41, 5.74) is 17.9. The zero-order valence-electron chi connectivity index (χ0n) is 45.6. The maximum Gasteiger partial charge on any atom is 0.148 e. The molecule has 0 atom stereocenters. The van der Waals surface area contributed by atoms with Crippen molar-refractivity contribution in [3.05, 3.63) is 192 Å². The Morgan fingerprint density at radius 2 is 1.10 bits per heavy atom. The molecule has 9 rings (SSSR count). The molecule has 0 fully saturated rings. The van der Waals surface area contributed by atoms with E-state index in [1.807, 2.05) is 38.2 Å². The Morgan fingerprint density at radius 3 is 1.68 bits per heavy atom. The molecule has 0 radical (unpaired) electrons. The standard InChI is InChI=1S/C67H70N3O.Pt/c1-42(2)43-28-30-44(31-29-43)47-32-33-68-58(37-47)49-34-48(35-50(36-49)64(3,4)5)52-26-21-27-59-61(52)69-63(55-38-51(65(6,7)8)39-57(62(55)71)67(12,13)14)70(59)60-41-53(45-22-17-15-18-23-45)56(66(9,10)11)40-54(60)46-24-19-16-20-25-46;/h15-33,35-42,71H,1-14H3;/q-1;/i42D;. The molecule has 2 aromatic heterocycles. The SMILES string of the molecule is [2H]C(C)(C)c1ccc(-c2ccnc(-c3[c-]c(-c4cccc5c4nc(-c4cc(C(C)(C)C)cc(C(C)(C)C)c4O)n5-c4cc(-c5ccccc5)c(C(C)(C)C)cc4-c4ccccc4)cc(C(C)(C)C)c3)c2)cc1.[Pt]. The minimum Gasteiger partial charge on any atom is -0.507 e. The van der Waals surface area contributed by atoms with Crippen molar-refractivity contribution in [1.29, 1.82) is 0 Å². The van der Waals surface area contributed by atoms with Gasteiger partial charge in [0.05, 0.1) is 22.3 Å². The number of fused-ring (bicyclic) bond motifs is 1. The maximum absolute atomic E-state index is 12.8. The predicted molar refractivity (Wildman–Crippen MR) is 301 cm³/mol. The van der Waals surface area contributed by atoms with Crippen molar-refractivity contribution in [2.24, 2.45) is 0 Å². The molecule has 72 heavy (non-hydrogen) atoms. The Morgan fingerprint density at radius 1 is 0.514 bits per heavy atom. The topological polar surface area (TPSA) is 50.9 Å². The Labute approximate surface area is 445 Å². The molecule has 7 aromatic carbocycles. The predicted octanol–water partition coefficient (Wildman–Crippen LogP) is 18.2. The number of phenols is 1. The van der Waals surface area contributed by atoms with Crippen LogP contribution in [0.1, 0.15) is 132 Å². The summed E-state index contributed by atoms with van der Waals surface area (Å²) >= 11 is 0. The van der Waals surface area contributed by atoms with Crippen LogP contribution in [0.3, 0.4) is 0 Å². The minimum absolute atomic E-state index is 0. The van der Waals surface area contributed by atoms with E-state index in [0.29, 0.717) is 11.4 Å². The van der Waals surface area contributed by atoms with Crippen LogP contribution in [0.15, 0.2) is 158 Å². The van der Waals surface area contributed by atoms with E-state index in [0.717, 1.165) is 94.7 Å². The second-order valence-corrected chi connectivity index (χ2v) is 23.7. The van der Waals surface area contributed by atoms with Crippen molar-refractivity contribution in [3.63, 3.8) is 0 Å². The zero-order valence-corrected chi connectivity index (χ0v) is 46.9. The van der Waals surface area contributed by atoms with E-state index in [2.05, 4.69) is 227 Å². The summed E-state index contributed by atoms with van der Waals surface area (Å²) in [5, 5.41) is 12.8. The minimum atomic E-state index is -0.682. The molecule has 0 unspecified atom stereocenters. The Bertz CT molecular complexity index is 3460. The van der Waals surface area contributed by atoms with Crippen LogP contribution in [-0.2, 0) is 42.7 Å². The van der Waals surface area contributed by atoms with E-state index >= 15 is 0 Å². The van der Waals surface area contributed by atoms with Crippen molar-refractivity contribution >= 4 is 11.0 Å². The van der Waals surface area contributed by atoms with Crippen LogP contribution in [0.5, 0.6) is 5.75 Å². The van der Waals surface area contributed by atoms with E-state index < -0.39 is 5.89 Å². The van der Waals surface area contributed by atoms with Gasteiger partial charge in [0.15, 0.2) is 0 Å². The maximum atomic E-state index is 12.8.